The quantitative estimate of drug-likeness (QED) is 0.308. The van der Waals surface area contributed by atoms with Crippen LogP contribution in [-0.4, -0.2) is 26.0 Å². The summed E-state index contributed by atoms with van der Waals surface area (Å²) in [6.07, 6.45) is 2.01. The van der Waals surface area contributed by atoms with Crippen molar-refractivity contribution in [2.75, 3.05) is 10.2 Å². The lowest BCUT2D eigenvalue weighted by Gasteiger charge is -2.25. The molecule has 1 saturated heterocycles. The number of carboxylic acids is 1. The second-order valence-electron chi connectivity index (χ2n) is 9.58. The van der Waals surface area contributed by atoms with Gasteiger partial charge in [0.25, 0.3) is 0 Å². The second kappa shape index (κ2) is 8.71. The van der Waals surface area contributed by atoms with Crippen LogP contribution in [0.2, 0.25) is 5.15 Å². The minimum absolute atomic E-state index is 0.109. The summed E-state index contributed by atoms with van der Waals surface area (Å²) in [4.78, 5) is 27.8. The molecule has 4 aromatic rings. The smallest absolute Gasteiger partial charge is 0.356 e. The molecular formula is C28H23ClN6O2. The first-order valence-electron chi connectivity index (χ1n) is 12.1. The van der Waals surface area contributed by atoms with Gasteiger partial charge in [-0.05, 0) is 61.6 Å². The highest BCUT2D eigenvalue weighted by atomic mass is 35.5. The molecule has 37 heavy (non-hydrogen) atoms. The zero-order chi connectivity index (χ0) is 25.8. The molecule has 0 amide bonds. The fourth-order valence-corrected chi connectivity index (χ4v) is 5.92. The predicted octanol–water partition coefficient (Wildman–Crippen LogP) is 6.13. The van der Waals surface area contributed by atoms with E-state index in [1.165, 1.54) is 11.1 Å². The number of nitrogens with zero attached hydrogens (tertiary/aromatic N) is 5. The minimum atomic E-state index is -1.17. The summed E-state index contributed by atoms with van der Waals surface area (Å²) >= 11 is 5.93. The zero-order valence-corrected chi connectivity index (χ0v) is 21.0. The van der Waals surface area contributed by atoms with Crippen LogP contribution in [0.15, 0.2) is 48.5 Å². The van der Waals surface area contributed by atoms with Gasteiger partial charge in [-0.2, -0.15) is 5.26 Å². The third-order valence-corrected chi connectivity index (χ3v) is 7.49. The topological polar surface area (TPSA) is 115 Å². The second-order valence-corrected chi connectivity index (χ2v) is 9.96. The Kier molecular flexibility index (Phi) is 5.46. The van der Waals surface area contributed by atoms with Crippen LogP contribution >= 0.6 is 11.6 Å². The van der Waals surface area contributed by atoms with Crippen LogP contribution in [0.25, 0.3) is 11.0 Å². The number of nitriles is 1. The lowest BCUT2D eigenvalue weighted by Crippen LogP contribution is -2.22. The SMILES string of the molecule is Cc1cc([C@@H](C)Nc2ccc(Cl)nc2C(=O)O)c2nc(N3C4CCC3c3ccccc34)c(C#N)nc2c1. The maximum Gasteiger partial charge on any atom is 0.356 e. The highest BCUT2D eigenvalue weighted by Gasteiger charge is 2.45. The molecule has 184 valence electrons. The van der Waals surface area contributed by atoms with Gasteiger partial charge in [0.1, 0.15) is 11.2 Å². The average Bonchev–Trinajstić information content (AvgIpc) is 3.45. The van der Waals surface area contributed by atoms with Gasteiger partial charge in [0.05, 0.1) is 34.8 Å². The number of anilines is 2. The van der Waals surface area contributed by atoms with E-state index in [9.17, 15) is 15.2 Å². The van der Waals surface area contributed by atoms with Crippen LogP contribution in [0.5, 0.6) is 0 Å². The Morgan fingerprint density at radius 1 is 1.14 bits per heavy atom. The molecule has 8 nitrogen and oxygen atoms in total. The molecule has 2 N–H and O–H groups in total. The normalized spacial score (nSPS) is 18.5. The van der Waals surface area contributed by atoms with E-state index in [1.54, 1.807) is 12.1 Å². The molecule has 6 rings (SSSR count). The molecule has 0 saturated carbocycles. The van der Waals surface area contributed by atoms with Crippen molar-refractivity contribution in [2.24, 2.45) is 0 Å². The highest BCUT2D eigenvalue weighted by molar-refractivity contribution is 6.29. The third kappa shape index (κ3) is 3.74. The molecule has 4 heterocycles. The van der Waals surface area contributed by atoms with Gasteiger partial charge < -0.3 is 15.3 Å². The van der Waals surface area contributed by atoms with E-state index in [-0.39, 0.29) is 29.0 Å². The van der Waals surface area contributed by atoms with Crippen LogP contribution < -0.4 is 10.2 Å². The van der Waals surface area contributed by atoms with Crippen molar-refractivity contribution in [3.63, 3.8) is 0 Å². The zero-order valence-electron chi connectivity index (χ0n) is 20.2. The van der Waals surface area contributed by atoms with Gasteiger partial charge in [-0.1, -0.05) is 41.9 Å². The van der Waals surface area contributed by atoms with Crippen molar-refractivity contribution in [3.05, 3.63) is 87.3 Å². The number of benzene rings is 2. The first-order chi connectivity index (χ1) is 17.9. The first-order valence-corrected chi connectivity index (χ1v) is 12.5. The Hall–Kier alpha value is -4.22. The van der Waals surface area contributed by atoms with Gasteiger partial charge in [0.15, 0.2) is 17.2 Å². The Labute approximate surface area is 218 Å². The molecule has 2 bridgehead atoms. The van der Waals surface area contributed by atoms with E-state index in [0.717, 1.165) is 24.0 Å². The van der Waals surface area contributed by atoms with E-state index < -0.39 is 5.97 Å². The molecule has 0 radical (unpaired) electrons. The van der Waals surface area contributed by atoms with Gasteiger partial charge in [-0.25, -0.2) is 19.7 Å². The molecule has 1 fully saturated rings. The number of pyridine rings is 1. The van der Waals surface area contributed by atoms with Crippen molar-refractivity contribution >= 4 is 40.1 Å². The molecule has 2 aromatic carbocycles. The Balaban J connectivity index is 1.46. The van der Waals surface area contributed by atoms with Crippen molar-refractivity contribution in [2.45, 2.75) is 44.8 Å². The fourth-order valence-electron chi connectivity index (χ4n) is 5.77. The minimum Gasteiger partial charge on any atom is -0.476 e. The summed E-state index contributed by atoms with van der Waals surface area (Å²) in [6.45, 7) is 3.89. The van der Waals surface area contributed by atoms with Crippen molar-refractivity contribution in [1.82, 2.24) is 15.0 Å². The Morgan fingerprint density at radius 3 is 2.49 bits per heavy atom. The standard InChI is InChI=1S/C28H23ClN6O2/c1-14-11-18(15(2)31-19-7-10-24(29)33-26(19)28(36)37)25-20(12-14)32-21(13-30)27(34-25)35-22-8-9-23(35)17-6-4-3-5-16(17)22/h3-7,10-12,15,22-23,31H,8-9H2,1-2H3,(H,36,37)/t15-,22?,23?/m1/s1. The highest BCUT2D eigenvalue weighted by Crippen LogP contribution is 2.55. The van der Waals surface area contributed by atoms with Crippen molar-refractivity contribution < 1.29 is 9.90 Å². The Morgan fingerprint density at radius 2 is 1.84 bits per heavy atom. The number of carbonyl (C=O) groups is 1. The number of halogens is 1. The van der Waals surface area contributed by atoms with Crippen LogP contribution in [0.3, 0.4) is 0 Å². The van der Waals surface area contributed by atoms with Crippen molar-refractivity contribution in [1.29, 1.82) is 5.26 Å². The Bertz CT molecular complexity index is 1600. The summed E-state index contributed by atoms with van der Waals surface area (Å²) in [7, 11) is 0. The van der Waals surface area contributed by atoms with Crippen molar-refractivity contribution in [3.8, 4) is 6.07 Å². The monoisotopic (exact) mass is 510 g/mol. The van der Waals surface area contributed by atoms with E-state index in [1.807, 2.05) is 26.0 Å². The van der Waals surface area contributed by atoms with Gasteiger partial charge >= 0.3 is 5.97 Å². The van der Waals surface area contributed by atoms with Gasteiger partial charge in [-0.15, -0.1) is 0 Å². The number of hydrogen-bond acceptors (Lipinski definition) is 7. The molecule has 2 unspecified atom stereocenters. The number of fused-ring (bicyclic) bond motifs is 6. The summed E-state index contributed by atoms with van der Waals surface area (Å²) in [5.41, 5.74) is 6.21. The number of aryl methyl sites for hydroxylation is 1. The van der Waals surface area contributed by atoms with E-state index in [2.05, 4.69) is 45.5 Å². The molecule has 2 aromatic heterocycles. The summed E-state index contributed by atoms with van der Waals surface area (Å²) in [5, 5.41) is 23.0. The molecular weight excluding hydrogens is 488 g/mol. The van der Waals surface area contributed by atoms with Crippen LogP contribution in [-0.2, 0) is 0 Å². The maximum atomic E-state index is 11.8. The fraction of sp³-hybridized carbons (Fsp3) is 0.250. The number of rotatable bonds is 5. The van der Waals surface area contributed by atoms with E-state index in [0.29, 0.717) is 28.2 Å². The molecule has 0 aliphatic carbocycles. The molecule has 9 heteroatoms. The number of carboxylic acid groups (broad SMARTS) is 1. The van der Waals surface area contributed by atoms with Gasteiger partial charge in [-0.3, -0.25) is 0 Å². The molecule has 2 aliphatic rings. The van der Waals surface area contributed by atoms with Crippen LogP contribution in [0.4, 0.5) is 11.5 Å². The van der Waals surface area contributed by atoms with Gasteiger partial charge in [0, 0.05) is 5.56 Å². The summed E-state index contributed by atoms with van der Waals surface area (Å²) in [5.74, 6) is -0.577. The lowest BCUT2D eigenvalue weighted by molar-refractivity contribution is 0.0691. The number of aromatic carboxylic acids is 1. The molecule has 3 atom stereocenters. The van der Waals surface area contributed by atoms with Gasteiger partial charge in [0.2, 0.25) is 0 Å². The van der Waals surface area contributed by atoms with Crippen LogP contribution in [0, 0.1) is 18.3 Å². The largest absolute Gasteiger partial charge is 0.476 e. The average molecular weight is 511 g/mol. The lowest BCUT2D eigenvalue weighted by atomic mass is 9.92. The summed E-state index contributed by atoms with van der Waals surface area (Å²) in [6, 6.07) is 17.8. The predicted molar refractivity (Wildman–Crippen MR) is 141 cm³/mol. The van der Waals surface area contributed by atoms with Crippen LogP contribution in [0.1, 0.15) is 76.3 Å². The maximum absolute atomic E-state index is 11.8. The number of hydrogen-bond donors (Lipinski definition) is 2. The summed E-state index contributed by atoms with van der Waals surface area (Å²) < 4.78 is 0. The van der Waals surface area contributed by atoms with E-state index in [4.69, 9.17) is 21.6 Å². The third-order valence-electron chi connectivity index (χ3n) is 7.28. The first kappa shape index (κ1) is 23.2. The number of aromatic nitrogens is 3. The number of nitrogens with one attached hydrogen (secondary N) is 1. The molecule has 2 aliphatic heterocycles. The molecule has 0 spiro atoms. The van der Waals surface area contributed by atoms with E-state index >= 15 is 0 Å².